The highest BCUT2D eigenvalue weighted by molar-refractivity contribution is 5.93. The lowest BCUT2D eigenvalue weighted by molar-refractivity contribution is 0.0732. The van der Waals surface area contributed by atoms with Crippen molar-refractivity contribution < 1.29 is 18.4 Å². The zero-order chi connectivity index (χ0) is 12.4. The second kappa shape index (κ2) is 4.37. The second-order valence-corrected chi connectivity index (χ2v) is 3.54. The predicted molar refractivity (Wildman–Crippen MR) is 57.3 cm³/mol. The molecular weight excluding hydrogens is 225 g/mol. The number of halogens is 1. The number of carbonyl (C=O) groups is 1. The summed E-state index contributed by atoms with van der Waals surface area (Å²) in [6.45, 7) is 3.28. The zero-order valence-corrected chi connectivity index (χ0v) is 9.36. The van der Waals surface area contributed by atoms with Crippen molar-refractivity contribution in [1.82, 2.24) is 5.16 Å². The molecular formula is C12H10FNO3. The summed E-state index contributed by atoms with van der Waals surface area (Å²) in [7, 11) is 0. The van der Waals surface area contributed by atoms with Crippen LogP contribution in [0.15, 0.2) is 28.8 Å². The third-order valence-electron chi connectivity index (χ3n) is 2.26. The van der Waals surface area contributed by atoms with Gasteiger partial charge >= 0.3 is 5.97 Å². The molecule has 0 aliphatic heterocycles. The van der Waals surface area contributed by atoms with E-state index in [1.54, 1.807) is 13.8 Å². The van der Waals surface area contributed by atoms with Crippen molar-refractivity contribution in [3.8, 4) is 5.75 Å². The molecule has 0 atom stereocenters. The Morgan fingerprint density at radius 2 is 1.94 bits per heavy atom. The molecule has 5 heteroatoms. The number of ether oxygens (including phenoxy) is 1. The van der Waals surface area contributed by atoms with Gasteiger partial charge < -0.3 is 9.26 Å². The number of nitrogens with zero attached hydrogens (tertiary/aromatic N) is 1. The Hall–Kier alpha value is -2.17. The molecule has 1 heterocycles. The first-order valence-corrected chi connectivity index (χ1v) is 4.98. The van der Waals surface area contributed by atoms with Crippen LogP contribution in [0, 0.1) is 19.7 Å². The lowest BCUT2D eigenvalue weighted by Crippen LogP contribution is -2.10. The summed E-state index contributed by atoms with van der Waals surface area (Å²) in [6.07, 6.45) is 0. The van der Waals surface area contributed by atoms with E-state index in [-0.39, 0.29) is 11.6 Å². The molecule has 4 nitrogen and oxygen atoms in total. The lowest BCUT2D eigenvalue weighted by Gasteiger charge is -2.03. The normalized spacial score (nSPS) is 10.3. The fourth-order valence-electron chi connectivity index (χ4n) is 1.44. The maximum atomic E-state index is 12.7. The number of carbonyl (C=O) groups excluding carboxylic acids is 1. The number of hydrogen-bond donors (Lipinski definition) is 0. The summed E-state index contributed by atoms with van der Waals surface area (Å²) in [5.74, 6) is -0.277. The van der Waals surface area contributed by atoms with E-state index in [2.05, 4.69) is 5.16 Å². The standard InChI is InChI=1S/C12H10FNO3/c1-7-11(8(2)17-14-7)12(15)16-10-5-3-9(13)4-6-10/h3-6H,1-2H3. The van der Waals surface area contributed by atoms with Gasteiger partial charge in [0.25, 0.3) is 0 Å². The van der Waals surface area contributed by atoms with E-state index in [4.69, 9.17) is 9.26 Å². The maximum absolute atomic E-state index is 12.7. The van der Waals surface area contributed by atoms with Crippen LogP contribution in [0.5, 0.6) is 5.75 Å². The molecule has 0 N–H and O–H groups in total. The van der Waals surface area contributed by atoms with Gasteiger partial charge in [-0.1, -0.05) is 5.16 Å². The molecule has 0 amide bonds. The Bertz CT molecular complexity index is 526. The van der Waals surface area contributed by atoms with Crippen molar-refractivity contribution >= 4 is 5.97 Å². The molecule has 0 radical (unpaired) electrons. The first-order valence-electron chi connectivity index (χ1n) is 4.98. The summed E-state index contributed by atoms with van der Waals surface area (Å²) >= 11 is 0. The largest absolute Gasteiger partial charge is 0.423 e. The van der Waals surface area contributed by atoms with Crippen molar-refractivity contribution in [3.05, 3.63) is 47.1 Å². The molecule has 1 aromatic heterocycles. The van der Waals surface area contributed by atoms with Gasteiger partial charge in [0.1, 0.15) is 22.9 Å². The van der Waals surface area contributed by atoms with E-state index in [1.165, 1.54) is 24.3 Å². The molecule has 0 fully saturated rings. The minimum absolute atomic E-state index is 0.274. The molecule has 2 aromatic rings. The van der Waals surface area contributed by atoms with Gasteiger partial charge in [-0.15, -0.1) is 0 Å². The van der Waals surface area contributed by atoms with Crippen LogP contribution >= 0.6 is 0 Å². The molecule has 0 bridgehead atoms. The summed E-state index contributed by atoms with van der Waals surface area (Å²) in [5.41, 5.74) is 0.768. The van der Waals surface area contributed by atoms with Crippen LogP contribution in [0.2, 0.25) is 0 Å². The van der Waals surface area contributed by atoms with Crippen molar-refractivity contribution in [1.29, 1.82) is 0 Å². The van der Waals surface area contributed by atoms with E-state index in [0.717, 1.165) is 0 Å². The van der Waals surface area contributed by atoms with Crippen LogP contribution in [0.3, 0.4) is 0 Å². The average molecular weight is 235 g/mol. The Balaban J connectivity index is 2.20. The van der Waals surface area contributed by atoms with Gasteiger partial charge in [-0.05, 0) is 38.1 Å². The Morgan fingerprint density at radius 1 is 1.29 bits per heavy atom. The smallest absolute Gasteiger partial charge is 0.349 e. The zero-order valence-electron chi connectivity index (χ0n) is 9.36. The summed E-state index contributed by atoms with van der Waals surface area (Å²) in [6, 6.07) is 5.20. The van der Waals surface area contributed by atoms with Crippen LogP contribution in [0.1, 0.15) is 21.8 Å². The molecule has 0 aliphatic rings. The quantitative estimate of drug-likeness (QED) is 0.593. The molecule has 0 aliphatic carbocycles. The average Bonchev–Trinajstić information content (AvgIpc) is 2.62. The Kier molecular flexibility index (Phi) is 2.91. The number of esters is 1. The van der Waals surface area contributed by atoms with E-state index >= 15 is 0 Å². The molecule has 0 saturated heterocycles. The molecule has 1 aromatic carbocycles. The molecule has 0 saturated carbocycles. The first kappa shape index (κ1) is 11.3. The van der Waals surface area contributed by atoms with Gasteiger partial charge in [0.05, 0.1) is 5.69 Å². The third-order valence-corrected chi connectivity index (χ3v) is 2.26. The van der Waals surface area contributed by atoms with Gasteiger partial charge in [-0.2, -0.15) is 0 Å². The van der Waals surface area contributed by atoms with Crippen LogP contribution < -0.4 is 4.74 Å². The maximum Gasteiger partial charge on any atom is 0.349 e. The monoisotopic (exact) mass is 235 g/mol. The van der Waals surface area contributed by atoms with Crippen molar-refractivity contribution in [2.24, 2.45) is 0 Å². The van der Waals surface area contributed by atoms with Crippen LogP contribution in [-0.2, 0) is 0 Å². The first-order chi connectivity index (χ1) is 8.08. The van der Waals surface area contributed by atoms with Gasteiger partial charge in [-0.25, -0.2) is 9.18 Å². The highest BCUT2D eigenvalue weighted by Crippen LogP contribution is 2.17. The van der Waals surface area contributed by atoms with E-state index in [0.29, 0.717) is 17.0 Å². The van der Waals surface area contributed by atoms with Crippen LogP contribution in [0.25, 0.3) is 0 Å². The SMILES string of the molecule is Cc1noc(C)c1C(=O)Oc1ccc(F)cc1. The van der Waals surface area contributed by atoms with E-state index < -0.39 is 5.97 Å². The highest BCUT2D eigenvalue weighted by atomic mass is 19.1. The number of aromatic nitrogens is 1. The number of benzene rings is 1. The molecule has 88 valence electrons. The summed E-state index contributed by atoms with van der Waals surface area (Å²) < 4.78 is 22.6. The van der Waals surface area contributed by atoms with Gasteiger partial charge in [0, 0.05) is 0 Å². The number of rotatable bonds is 2. The van der Waals surface area contributed by atoms with Crippen molar-refractivity contribution in [3.63, 3.8) is 0 Å². The number of hydrogen-bond acceptors (Lipinski definition) is 4. The highest BCUT2D eigenvalue weighted by Gasteiger charge is 2.19. The topological polar surface area (TPSA) is 52.3 Å². The van der Waals surface area contributed by atoms with Crippen LogP contribution in [0.4, 0.5) is 4.39 Å². The van der Waals surface area contributed by atoms with Crippen LogP contribution in [-0.4, -0.2) is 11.1 Å². The van der Waals surface area contributed by atoms with E-state index in [1.807, 2.05) is 0 Å². The molecule has 17 heavy (non-hydrogen) atoms. The fourth-order valence-corrected chi connectivity index (χ4v) is 1.44. The minimum Gasteiger partial charge on any atom is -0.423 e. The minimum atomic E-state index is -0.562. The van der Waals surface area contributed by atoms with Crippen molar-refractivity contribution in [2.45, 2.75) is 13.8 Å². The number of aryl methyl sites for hydroxylation is 2. The fraction of sp³-hybridized carbons (Fsp3) is 0.167. The second-order valence-electron chi connectivity index (χ2n) is 3.54. The summed E-state index contributed by atoms with van der Waals surface area (Å²) in [4.78, 5) is 11.8. The van der Waals surface area contributed by atoms with Crippen molar-refractivity contribution in [2.75, 3.05) is 0 Å². The third kappa shape index (κ3) is 2.33. The summed E-state index contributed by atoms with van der Waals surface area (Å²) in [5, 5.41) is 3.66. The van der Waals surface area contributed by atoms with Gasteiger partial charge in [0.15, 0.2) is 0 Å². The Labute approximate surface area is 97.0 Å². The predicted octanol–water partition coefficient (Wildman–Crippen LogP) is 2.65. The van der Waals surface area contributed by atoms with Gasteiger partial charge in [-0.3, -0.25) is 0 Å². The molecule has 0 spiro atoms. The Morgan fingerprint density at radius 3 is 2.47 bits per heavy atom. The molecule has 0 unspecified atom stereocenters. The van der Waals surface area contributed by atoms with E-state index in [9.17, 15) is 9.18 Å². The lowest BCUT2D eigenvalue weighted by atomic mass is 10.2. The molecule has 2 rings (SSSR count). The van der Waals surface area contributed by atoms with Gasteiger partial charge in [0.2, 0.25) is 0 Å².